The van der Waals surface area contributed by atoms with Crippen molar-refractivity contribution in [3.8, 4) is 0 Å². The van der Waals surface area contributed by atoms with Gasteiger partial charge in [-0.05, 0) is 37.1 Å². The number of aliphatic hydroxyl groups is 1. The van der Waals surface area contributed by atoms with Crippen molar-refractivity contribution in [2.45, 2.75) is 19.4 Å². The monoisotopic (exact) mass is 289 g/mol. The van der Waals surface area contributed by atoms with Crippen LogP contribution >= 0.6 is 11.6 Å². The molecule has 0 radical (unpaired) electrons. The zero-order chi connectivity index (χ0) is 13.6. The molecule has 0 fully saturated rings. The summed E-state index contributed by atoms with van der Waals surface area (Å²) in [4.78, 5) is 0. The van der Waals surface area contributed by atoms with E-state index in [0.717, 1.165) is 11.0 Å². The van der Waals surface area contributed by atoms with Gasteiger partial charge >= 0.3 is 0 Å². The Morgan fingerprint density at radius 3 is 2.56 bits per heavy atom. The minimum Gasteiger partial charge on any atom is -0.393 e. The van der Waals surface area contributed by atoms with Gasteiger partial charge in [0.2, 0.25) is 10.0 Å². The van der Waals surface area contributed by atoms with Gasteiger partial charge in [0.15, 0.2) is 0 Å². The molecule has 6 heteroatoms. The van der Waals surface area contributed by atoms with Crippen molar-refractivity contribution in [3.63, 3.8) is 0 Å². The Bertz CT molecular complexity index is 495. The van der Waals surface area contributed by atoms with Gasteiger partial charge in [0.05, 0.1) is 6.10 Å². The fourth-order valence-corrected chi connectivity index (χ4v) is 2.16. The van der Waals surface area contributed by atoms with Crippen LogP contribution in [0.2, 0.25) is 5.02 Å². The van der Waals surface area contributed by atoms with E-state index in [2.05, 4.69) is 4.72 Å². The van der Waals surface area contributed by atoms with Crippen molar-refractivity contribution < 1.29 is 13.5 Å². The average molecular weight is 290 g/mol. The van der Waals surface area contributed by atoms with Gasteiger partial charge in [-0.15, -0.1) is 0 Å². The molecular weight excluding hydrogens is 274 g/mol. The summed E-state index contributed by atoms with van der Waals surface area (Å²) in [6.45, 7) is 1.82. The van der Waals surface area contributed by atoms with E-state index in [-0.39, 0.29) is 6.54 Å². The van der Waals surface area contributed by atoms with Crippen LogP contribution < -0.4 is 4.72 Å². The van der Waals surface area contributed by atoms with Gasteiger partial charge in [-0.1, -0.05) is 23.7 Å². The predicted molar refractivity (Wildman–Crippen MR) is 73.7 cm³/mol. The number of halogens is 1. The molecule has 0 aliphatic rings. The van der Waals surface area contributed by atoms with Crippen LogP contribution in [0.25, 0.3) is 6.08 Å². The van der Waals surface area contributed by atoms with E-state index in [0.29, 0.717) is 11.4 Å². The highest BCUT2D eigenvalue weighted by Crippen LogP contribution is 2.11. The molecule has 1 rings (SSSR count). The number of hydrogen-bond donors (Lipinski definition) is 2. The summed E-state index contributed by atoms with van der Waals surface area (Å²) in [5.41, 5.74) is 0.750. The largest absolute Gasteiger partial charge is 0.393 e. The molecule has 100 valence electrons. The number of aliphatic hydroxyl groups excluding tert-OH is 1. The van der Waals surface area contributed by atoms with Crippen molar-refractivity contribution in [2.75, 3.05) is 6.54 Å². The van der Waals surface area contributed by atoms with E-state index in [1.807, 2.05) is 0 Å². The van der Waals surface area contributed by atoms with Crippen LogP contribution in [-0.4, -0.2) is 26.2 Å². The third kappa shape index (κ3) is 6.16. The zero-order valence-electron chi connectivity index (χ0n) is 10.0. The van der Waals surface area contributed by atoms with Crippen LogP contribution in [0.3, 0.4) is 0 Å². The van der Waals surface area contributed by atoms with Crippen LogP contribution in [0.4, 0.5) is 0 Å². The Balaban J connectivity index is 2.57. The molecule has 4 nitrogen and oxygen atoms in total. The van der Waals surface area contributed by atoms with Gasteiger partial charge < -0.3 is 5.11 Å². The fraction of sp³-hybridized carbons (Fsp3) is 0.333. The molecule has 0 heterocycles. The Hall–Kier alpha value is -0.880. The van der Waals surface area contributed by atoms with Gasteiger partial charge in [0.1, 0.15) is 0 Å². The summed E-state index contributed by atoms with van der Waals surface area (Å²) in [6.07, 6.45) is 1.35. The fourth-order valence-electron chi connectivity index (χ4n) is 1.20. The number of rotatable bonds is 6. The standard InChI is InChI=1S/C12H16ClNO3S/c1-10(15)6-8-14-18(16,17)9-7-11-2-4-12(13)5-3-11/h2-5,7,9-10,14-15H,6,8H2,1H3/b9-7+. The van der Waals surface area contributed by atoms with E-state index >= 15 is 0 Å². The number of nitrogens with one attached hydrogen (secondary N) is 1. The van der Waals surface area contributed by atoms with Crippen LogP contribution in [0.15, 0.2) is 29.7 Å². The van der Waals surface area contributed by atoms with E-state index in [1.54, 1.807) is 31.2 Å². The van der Waals surface area contributed by atoms with E-state index in [9.17, 15) is 8.42 Å². The molecule has 0 aliphatic heterocycles. The minimum absolute atomic E-state index is 0.213. The minimum atomic E-state index is -3.46. The lowest BCUT2D eigenvalue weighted by Crippen LogP contribution is -2.24. The molecule has 0 saturated heterocycles. The molecule has 0 saturated carbocycles. The lowest BCUT2D eigenvalue weighted by Gasteiger charge is -2.04. The van der Waals surface area contributed by atoms with Crippen molar-refractivity contribution >= 4 is 27.7 Å². The number of hydrogen-bond acceptors (Lipinski definition) is 3. The van der Waals surface area contributed by atoms with E-state index < -0.39 is 16.1 Å². The molecule has 1 atom stereocenters. The van der Waals surface area contributed by atoms with Crippen molar-refractivity contribution in [1.29, 1.82) is 0 Å². The third-order valence-electron chi connectivity index (χ3n) is 2.18. The molecule has 0 aliphatic carbocycles. The second-order valence-electron chi connectivity index (χ2n) is 3.93. The van der Waals surface area contributed by atoms with Crippen LogP contribution in [0.5, 0.6) is 0 Å². The molecule has 0 aromatic heterocycles. The maximum absolute atomic E-state index is 11.5. The SMILES string of the molecule is CC(O)CCNS(=O)(=O)/C=C/c1ccc(Cl)cc1. The molecular formula is C12H16ClNO3S. The quantitative estimate of drug-likeness (QED) is 0.842. The van der Waals surface area contributed by atoms with E-state index in [1.165, 1.54) is 6.08 Å². The molecule has 2 N–H and O–H groups in total. The van der Waals surface area contributed by atoms with E-state index in [4.69, 9.17) is 16.7 Å². The smallest absolute Gasteiger partial charge is 0.233 e. The van der Waals surface area contributed by atoms with Gasteiger partial charge in [-0.3, -0.25) is 0 Å². The molecule has 1 aromatic carbocycles. The third-order valence-corrected chi connectivity index (χ3v) is 3.53. The molecule has 0 amide bonds. The Labute approximate surface area is 112 Å². The van der Waals surface area contributed by atoms with Gasteiger partial charge in [0.25, 0.3) is 0 Å². The summed E-state index contributed by atoms with van der Waals surface area (Å²) in [6, 6.07) is 6.83. The van der Waals surface area contributed by atoms with Crippen molar-refractivity contribution in [2.24, 2.45) is 0 Å². The Morgan fingerprint density at radius 1 is 1.39 bits per heavy atom. The van der Waals surface area contributed by atoms with Crippen LogP contribution in [0.1, 0.15) is 18.9 Å². The highest BCUT2D eigenvalue weighted by atomic mass is 35.5. The maximum Gasteiger partial charge on any atom is 0.233 e. The molecule has 18 heavy (non-hydrogen) atoms. The molecule has 0 bridgehead atoms. The summed E-state index contributed by atoms with van der Waals surface area (Å²) >= 11 is 5.72. The van der Waals surface area contributed by atoms with Crippen molar-refractivity contribution in [3.05, 3.63) is 40.3 Å². The first-order chi connectivity index (χ1) is 8.39. The zero-order valence-corrected chi connectivity index (χ0v) is 11.6. The second-order valence-corrected chi connectivity index (χ2v) is 6.02. The summed E-state index contributed by atoms with van der Waals surface area (Å²) < 4.78 is 25.5. The Morgan fingerprint density at radius 2 is 2.00 bits per heavy atom. The molecule has 0 spiro atoms. The van der Waals surface area contributed by atoms with Gasteiger partial charge in [-0.2, -0.15) is 0 Å². The topological polar surface area (TPSA) is 66.4 Å². The predicted octanol–water partition coefficient (Wildman–Crippen LogP) is 2.00. The van der Waals surface area contributed by atoms with Gasteiger partial charge in [0, 0.05) is 17.0 Å². The highest BCUT2D eigenvalue weighted by Gasteiger charge is 2.05. The number of benzene rings is 1. The van der Waals surface area contributed by atoms with Crippen LogP contribution in [0, 0.1) is 0 Å². The second kappa shape index (κ2) is 6.89. The number of sulfonamides is 1. The lowest BCUT2D eigenvalue weighted by atomic mass is 10.2. The van der Waals surface area contributed by atoms with Crippen molar-refractivity contribution in [1.82, 2.24) is 4.72 Å². The Kier molecular flexibility index (Phi) is 5.81. The normalized spacial score (nSPS) is 13.9. The first-order valence-corrected chi connectivity index (χ1v) is 7.43. The highest BCUT2D eigenvalue weighted by molar-refractivity contribution is 7.92. The summed E-state index contributed by atoms with van der Waals surface area (Å²) in [7, 11) is -3.46. The molecule has 1 aromatic rings. The average Bonchev–Trinajstić information content (AvgIpc) is 2.27. The molecule has 1 unspecified atom stereocenters. The van der Waals surface area contributed by atoms with Crippen LogP contribution in [-0.2, 0) is 10.0 Å². The summed E-state index contributed by atoms with van der Waals surface area (Å²) in [5.74, 6) is 0. The lowest BCUT2D eigenvalue weighted by molar-refractivity contribution is 0.186. The first kappa shape index (κ1) is 15.2. The van der Waals surface area contributed by atoms with Gasteiger partial charge in [-0.25, -0.2) is 13.1 Å². The summed E-state index contributed by atoms with van der Waals surface area (Å²) in [5, 5.41) is 10.7. The first-order valence-electron chi connectivity index (χ1n) is 5.50. The maximum atomic E-state index is 11.5.